The van der Waals surface area contributed by atoms with Crippen molar-refractivity contribution >= 4 is 5.91 Å². The van der Waals surface area contributed by atoms with Gasteiger partial charge in [0.2, 0.25) is 0 Å². The summed E-state index contributed by atoms with van der Waals surface area (Å²) in [5.74, 6) is 6.05. The van der Waals surface area contributed by atoms with E-state index in [1.54, 1.807) is 0 Å². The monoisotopic (exact) mass is 284 g/mol. The van der Waals surface area contributed by atoms with Crippen molar-refractivity contribution in [2.24, 2.45) is 5.73 Å². The smallest absolute Gasteiger partial charge is 0.254 e. The molecule has 1 fully saturated rings. The number of amides is 1. The maximum Gasteiger partial charge on any atom is 0.254 e. The summed E-state index contributed by atoms with van der Waals surface area (Å²) in [6.07, 6.45) is 5.97. The molecule has 1 aliphatic rings. The topological polar surface area (TPSA) is 46.3 Å². The number of rotatable bonds is 1. The highest BCUT2D eigenvalue weighted by molar-refractivity contribution is 5.96. The summed E-state index contributed by atoms with van der Waals surface area (Å²) in [6.45, 7) is 4.05. The molecule has 0 bridgehead atoms. The Morgan fingerprint density at radius 1 is 1.19 bits per heavy atom. The Labute approximate surface area is 127 Å². The maximum absolute atomic E-state index is 12.8. The molecule has 112 valence electrons. The van der Waals surface area contributed by atoms with Crippen LogP contribution in [0.4, 0.5) is 0 Å². The minimum atomic E-state index is 0.144. The van der Waals surface area contributed by atoms with E-state index in [1.165, 1.54) is 19.3 Å². The van der Waals surface area contributed by atoms with Crippen LogP contribution in [0.15, 0.2) is 18.2 Å². The van der Waals surface area contributed by atoms with Crippen LogP contribution in [-0.2, 0) is 0 Å². The molecule has 1 aromatic carbocycles. The summed E-state index contributed by atoms with van der Waals surface area (Å²) < 4.78 is 0. The number of hydrogen-bond donors (Lipinski definition) is 1. The van der Waals surface area contributed by atoms with Crippen molar-refractivity contribution in [1.82, 2.24) is 4.90 Å². The fourth-order valence-electron chi connectivity index (χ4n) is 2.77. The van der Waals surface area contributed by atoms with E-state index in [4.69, 9.17) is 5.73 Å². The van der Waals surface area contributed by atoms with Gasteiger partial charge < -0.3 is 10.6 Å². The lowest BCUT2D eigenvalue weighted by Crippen LogP contribution is -2.34. The molecular weight excluding hydrogens is 260 g/mol. The predicted molar refractivity (Wildman–Crippen MR) is 86.1 cm³/mol. The summed E-state index contributed by atoms with van der Waals surface area (Å²) >= 11 is 0. The van der Waals surface area contributed by atoms with Gasteiger partial charge in [0, 0.05) is 24.2 Å². The van der Waals surface area contributed by atoms with Gasteiger partial charge in [-0.15, -0.1) is 0 Å². The summed E-state index contributed by atoms with van der Waals surface area (Å²) in [7, 11) is 0. The average Bonchev–Trinajstić information content (AvgIpc) is 2.45. The van der Waals surface area contributed by atoms with Gasteiger partial charge in [-0.2, -0.15) is 0 Å². The van der Waals surface area contributed by atoms with Crippen molar-refractivity contribution in [1.29, 1.82) is 0 Å². The second kappa shape index (κ2) is 7.85. The largest absolute Gasteiger partial charge is 0.339 e. The zero-order valence-electron chi connectivity index (χ0n) is 12.8. The molecule has 0 saturated carbocycles. The van der Waals surface area contributed by atoms with E-state index in [0.29, 0.717) is 6.54 Å². The van der Waals surface area contributed by atoms with Crippen molar-refractivity contribution in [3.8, 4) is 11.8 Å². The highest BCUT2D eigenvalue weighted by Crippen LogP contribution is 2.18. The highest BCUT2D eigenvalue weighted by Gasteiger charge is 2.19. The molecule has 0 aliphatic carbocycles. The van der Waals surface area contributed by atoms with Crippen LogP contribution in [0, 0.1) is 18.8 Å². The molecule has 0 radical (unpaired) electrons. The molecule has 3 heteroatoms. The van der Waals surface area contributed by atoms with Crippen molar-refractivity contribution in [2.45, 2.75) is 39.0 Å². The van der Waals surface area contributed by atoms with Crippen molar-refractivity contribution in [3.63, 3.8) is 0 Å². The second-order valence-electron chi connectivity index (χ2n) is 5.54. The molecule has 1 saturated heterocycles. The normalized spacial score (nSPS) is 15.6. The van der Waals surface area contributed by atoms with E-state index >= 15 is 0 Å². The van der Waals surface area contributed by atoms with Crippen LogP contribution >= 0.6 is 0 Å². The van der Waals surface area contributed by atoms with Crippen molar-refractivity contribution < 1.29 is 4.79 Å². The lowest BCUT2D eigenvalue weighted by molar-refractivity contribution is 0.0741. The third-order valence-corrected chi connectivity index (χ3v) is 4.03. The first-order valence-electron chi connectivity index (χ1n) is 7.82. The number of carbonyl (C=O) groups is 1. The molecule has 0 atom stereocenters. The molecule has 1 aliphatic heterocycles. The molecule has 1 aromatic rings. The van der Waals surface area contributed by atoms with Crippen LogP contribution in [0.3, 0.4) is 0 Å². The fraction of sp³-hybridized carbons (Fsp3) is 0.500. The van der Waals surface area contributed by atoms with Crippen molar-refractivity contribution in [2.75, 3.05) is 19.6 Å². The maximum atomic E-state index is 12.8. The summed E-state index contributed by atoms with van der Waals surface area (Å²) in [6, 6.07) is 5.76. The van der Waals surface area contributed by atoms with Crippen LogP contribution < -0.4 is 5.73 Å². The number of nitrogens with two attached hydrogens (primary N) is 1. The van der Waals surface area contributed by atoms with Crippen LogP contribution in [-0.4, -0.2) is 30.4 Å². The van der Waals surface area contributed by atoms with Gasteiger partial charge in [-0.05, 0) is 37.5 Å². The lowest BCUT2D eigenvalue weighted by Gasteiger charge is -2.25. The van der Waals surface area contributed by atoms with E-state index in [-0.39, 0.29) is 5.91 Å². The summed E-state index contributed by atoms with van der Waals surface area (Å²) in [5.41, 5.74) is 8.07. The van der Waals surface area contributed by atoms with E-state index < -0.39 is 0 Å². The number of nitrogens with zero attached hydrogens (tertiary/aromatic N) is 1. The van der Waals surface area contributed by atoms with Gasteiger partial charge >= 0.3 is 0 Å². The first-order chi connectivity index (χ1) is 10.2. The molecular formula is C18H24N2O. The minimum absolute atomic E-state index is 0.144. The molecule has 0 spiro atoms. The highest BCUT2D eigenvalue weighted by atomic mass is 16.2. The Balaban J connectivity index is 2.21. The van der Waals surface area contributed by atoms with Crippen LogP contribution in [0.5, 0.6) is 0 Å². The molecule has 0 aromatic heterocycles. The molecule has 1 amide bonds. The van der Waals surface area contributed by atoms with Crippen molar-refractivity contribution in [3.05, 3.63) is 34.9 Å². The van der Waals surface area contributed by atoms with Gasteiger partial charge in [0.15, 0.2) is 0 Å². The number of hydrogen-bond acceptors (Lipinski definition) is 2. The third-order valence-electron chi connectivity index (χ3n) is 4.03. The Morgan fingerprint density at radius 2 is 1.86 bits per heavy atom. The lowest BCUT2D eigenvalue weighted by atomic mass is 10.0. The van der Waals surface area contributed by atoms with E-state index in [0.717, 1.165) is 42.6 Å². The molecule has 0 unspecified atom stereocenters. The Kier molecular flexibility index (Phi) is 5.83. The minimum Gasteiger partial charge on any atom is -0.339 e. The zero-order chi connectivity index (χ0) is 15.1. The Bertz CT molecular complexity index is 546. The first kappa shape index (κ1) is 15.6. The molecule has 21 heavy (non-hydrogen) atoms. The van der Waals surface area contributed by atoms with Crippen LogP contribution in [0.25, 0.3) is 0 Å². The predicted octanol–water partition coefficient (Wildman–Crippen LogP) is 2.71. The number of carbonyl (C=O) groups excluding carboxylic acids is 1. The van der Waals surface area contributed by atoms with Gasteiger partial charge in [0.25, 0.3) is 5.91 Å². The van der Waals surface area contributed by atoms with Gasteiger partial charge in [-0.3, -0.25) is 4.79 Å². The SMILES string of the molecule is Cc1c(C#CCN)cccc1C(=O)N1CCCCCCC1. The zero-order valence-corrected chi connectivity index (χ0v) is 12.8. The van der Waals surface area contributed by atoms with Gasteiger partial charge in [0.1, 0.15) is 0 Å². The molecule has 1 heterocycles. The Morgan fingerprint density at radius 3 is 2.52 bits per heavy atom. The van der Waals surface area contributed by atoms with Gasteiger partial charge in [0.05, 0.1) is 6.54 Å². The molecule has 3 nitrogen and oxygen atoms in total. The quantitative estimate of drug-likeness (QED) is 0.806. The van der Waals surface area contributed by atoms with Gasteiger partial charge in [-0.1, -0.05) is 37.2 Å². The number of benzene rings is 1. The van der Waals surface area contributed by atoms with E-state index in [2.05, 4.69) is 11.8 Å². The van der Waals surface area contributed by atoms with E-state index in [1.807, 2.05) is 30.0 Å². The summed E-state index contributed by atoms with van der Waals surface area (Å²) in [4.78, 5) is 14.8. The van der Waals surface area contributed by atoms with Crippen LogP contribution in [0.2, 0.25) is 0 Å². The second-order valence-corrected chi connectivity index (χ2v) is 5.54. The summed E-state index contributed by atoms with van der Waals surface area (Å²) in [5, 5.41) is 0. The van der Waals surface area contributed by atoms with E-state index in [9.17, 15) is 4.79 Å². The Hall–Kier alpha value is -1.79. The number of likely N-dealkylation sites (tertiary alicyclic amines) is 1. The average molecular weight is 284 g/mol. The third kappa shape index (κ3) is 4.09. The fourth-order valence-corrected chi connectivity index (χ4v) is 2.77. The molecule has 2 rings (SSSR count). The first-order valence-corrected chi connectivity index (χ1v) is 7.82. The molecule has 2 N–H and O–H groups in total. The van der Waals surface area contributed by atoms with Crippen LogP contribution in [0.1, 0.15) is 53.6 Å². The van der Waals surface area contributed by atoms with Gasteiger partial charge in [-0.25, -0.2) is 0 Å². The standard InChI is InChI=1S/C18H24N2O/c1-15-16(10-8-12-19)9-7-11-17(15)18(21)20-13-5-3-2-4-6-14-20/h7,9,11H,2-6,12-14,19H2,1H3.